The largest absolute Gasteiger partial charge is 0.465 e. The predicted octanol–water partition coefficient (Wildman–Crippen LogP) is 7.30. The maximum atomic E-state index is 13.3. The first kappa shape index (κ1) is 28.9. The number of thiol groups is 1. The number of carbonyl (C=O) groups excluding carboxylic acids is 2. The SMILES string of the molecule is CCCCC(CC)COC(=O)CC(C(=O)OCC(CC)CCCC)[C@@H]1Sc2ccccc2N1S. The Morgan fingerprint density at radius 1 is 0.971 bits per heavy atom. The first-order chi connectivity index (χ1) is 16.4. The minimum Gasteiger partial charge on any atom is -0.465 e. The van der Waals surface area contributed by atoms with Gasteiger partial charge in [0.1, 0.15) is 5.37 Å². The molecule has 2 rings (SSSR count). The molecule has 1 aliphatic heterocycles. The summed E-state index contributed by atoms with van der Waals surface area (Å²) in [4.78, 5) is 27.2. The zero-order chi connectivity index (χ0) is 24.9. The molecule has 1 aliphatic rings. The number of hydrogen-bond acceptors (Lipinski definition) is 7. The summed E-state index contributed by atoms with van der Waals surface area (Å²) >= 11 is 6.24. The molecule has 0 N–H and O–H groups in total. The van der Waals surface area contributed by atoms with Crippen LogP contribution in [0.1, 0.15) is 85.5 Å². The normalized spacial score (nSPS) is 17.7. The van der Waals surface area contributed by atoms with E-state index in [9.17, 15) is 9.59 Å². The predicted molar refractivity (Wildman–Crippen MR) is 144 cm³/mol. The van der Waals surface area contributed by atoms with Crippen molar-refractivity contribution >= 4 is 42.2 Å². The lowest BCUT2D eigenvalue weighted by molar-refractivity contribution is -0.156. The van der Waals surface area contributed by atoms with Crippen molar-refractivity contribution in [1.82, 2.24) is 0 Å². The first-order valence-electron chi connectivity index (χ1n) is 13.0. The molecule has 4 atom stereocenters. The van der Waals surface area contributed by atoms with Gasteiger partial charge in [-0.1, -0.05) is 103 Å². The van der Waals surface area contributed by atoms with Crippen molar-refractivity contribution in [3.63, 3.8) is 0 Å². The Hall–Kier alpha value is -1.34. The van der Waals surface area contributed by atoms with Crippen LogP contribution in [0.3, 0.4) is 0 Å². The molecule has 0 saturated carbocycles. The van der Waals surface area contributed by atoms with Crippen LogP contribution in [0.2, 0.25) is 0 Å². The summed E-state index contributed by atoms with van der Waals surface area (Å²) in [5.41, 5.74) is 0.951. The Morgan fingerprint density at radius 3 is 2.12 bits per heavy atom. The van der Waals surface area contributed by atoms with Gasteiger partial charge in [-0.2, -0.15) is 0 Å². The van der Waals surface area contributed by atoms with Crippen LogP contribution < -0.4 is 4.31 Å². The van der Waals surface area contributed by atoms with Crippen molar-refractivity contribution in [2.45, 2.75) is 95.8 Å². The Kier molecular flexibility index (Phi) is 13.3. The summed E-state index contributed by atoms with van der Waals surface area (Å²) in [5.74, 6) is -0.616. The maximum absolute atomic E-state index is 13.3. The minimum absolute atomic E-state index is 0.00247. The molecule has 1 aromatic carbocycles. The smallest absolute Gasteiger partial charge is 0.312 e. The Labute approximate surface area is 216 Å². The van der Waals surface area contributed by atoms with Gasteiger partial charge in [-0.3, -0.25) is 9.59 Å². The Balaban J connectivity index is 2.06. The van der Waals surface area contributed by atoms with E-state index in [1.54, 1.807) is 16.1 Å². The van der Waals surface area contributed by atoms with Crippen LogP contribution in [-0.4, -0.2) is 30.5 Å². The zero-order valence-electron chi connectivity index (χ0n) is 21.3. The standard InChI is InChI=1S/C27H43NO4S2/c1-5-9-13-20(7-3)18-31-25(29)17-22(27(30)32-19-21(8-4)14-10-6-2)26-28(33)23-15-11-12-16-24(23)34-26/h11-12,15-16,20-22,26,33H,5-10,13-14,17-19H2,1-4H3/t20?,21?,22?,26-/m0/s1. The number of nitrogens with zero attached hydrogens (tertiary/aromatic N) is 1. The molecule has 34 heavy (non-hydrogen) atoms. The number of esters is 2. The second-order valence-electron chi connectivity index (χ2n) is 9.28. The summed E-state index contributed by atoms with van der Waals surface area (Å²) in [7, 11) is 0. The van der Waals surface area contributed by atoms with Gasteiger partial charge in [0.25, 0.3) is 0 Å². The van der Waals surface area contributed by atoms with Gasteiger partial charge in [0.05, 0.1) is 31.2 Å². The van der Waals surface area contributed by atoms with E-state index >= 15 is 0 Å². The third kappa shape index (κ3) is 8.71. The van der Waals surface area contributed by atoms with Crippen LogP contribution in [0.25, 0.3) is 0 Å². The van der Waals surface area contributed by atoms with E-state index in [2.05, 4.69) is 40.5 Å². The van der Waals surface area contributed by atoms with Gasteiger partial charge in [0.15, 0.2) is 0 Å². The highest BCUT2D eigenvalue weighted by molar-refractivity contribution is 8.01. The van der Waals surface area contributed by atoms with Crippen LogP contribution in [-0.2, 0) is 19.1 Å². The minimum atomic E-state index is -0.651. The van der Waals surface area contributed by atoms with Crippen molar-refractivity contribution in [2.24, 2.45) is 17.8 Å². The second-order valence-corrected chi connectivity index (χ2v) is 10.9. The molecule has 5 nitrogen and oxygen atoms in total. The topological polar surface area (TPSA) is 55.8 Å². The van der Waals surface area contributed by atoms with E-state index in [0.29, 0.717) is 25.0 Å². The number of rotatable bonds is 16. The average molecular weight is 510 g/mol. The van der Waals surface area contributed by atoms with Crippen LogP contribution in [0.4, 0.5) is 5.69 Å². The van der Waals surface area contributed by atoms with Crippen molar-refractivity contribution in [3.05, 3.63) is 24.3 Å². The van der Waals surface area contributed by atoms with Crippen molar-refractivity contribution in [2.75, 3.05) is 17.5 Å². The molecule has 192 valence electrons. The molecule has 0 aromatic heterocycles. The fourth-order valence-corrected chi connectivity index (χ4v) is 6.00. The number of anilines is 1. The molecule has 0 fully saturated rings. The molecular formula is C27H43NO4S2. The number of para-hydroxylation sites is 1. The third-order valence-electron chi connectivity index (χ3n) is 6.66. The molecule has 1 aromatic rings. The molecule has 0 spiro atoms. The number of ether oxygens (including phenoxy) is 2. The molecule has 0 aliphatic carbocycles. The zero-order valence-corrected chi connectivity index (χ0v) is 23.0. The summed E-state index contributed by atoms with van der Waals surface area (Å²) in [5, 5.41) is -0.321. The number of hydrogen-bond donors (Lipinski definition) is 1. The van der Waals surface area contributed by atoms with Crippen molar-refractivity contribution in [3.8, 4) is 0 Å². The number of thioether (sulfide) groups is 1. The van der Waals surface area contributed by atoms with E-state index in [-0.39, 0.29) is 23.7 Å². The van der Waals surface area contributed by atoms with E-state index < -0.39 is 5.92 Å². The van der Waals surface area contributed by atoms with Gasteiger partial charge in [0.2, 0.25) is 0 Å². The molecule has 7 heteroatoms. The van der Waals surface area contributed by atoms with E-state index in [1.807, 2.05) is 24.3 Å². The molecule has 0 bridgehead atoms. The molecule has 0 radical (unpaired) electrons. The van der Waals surface area contributed by atoms with E-state index in [1.165, 1.54) is 0 Å². The Morgan fingerprint density at radius 2 is 1.56 bits per heavy atom. The summed E-state index contributed by atoms with van der Waals surface area (Å²) in [6.07, 6.45) is 8.57. The lowest BCUT2D eigenvalue weighted by Crippen LogP contribution is -2.37. The first-order valence-corrected chi connectivity index (χ1v) is 14.3. The van der Waals surface area contributed by atoms with Gasteiger partial charge < -0.3 is 13.8 Å². The van der Waals surface area contributed by atoms with E-state index in [0.717, 1.165) is 61.9 Å². The number of fused-ring (bicyclic) bond motifs is 1. The lowest BCUT2D eigenvalue weighted by Gasteiger charge is -2.27. The van der Waals surface area contributed by atoms with Crippen LogP contribution in [0, 0.1) is 17.8 Å². The summed E-state index contributed by atoms with van der Waals surface area (Å²) in [6.45, 7) is 9.40. The highest BCUT2D eigenvalue weighted by Gasteiger charge is 2.41. The maximum Gasteiger partial charge on any atom is 0.312 e. The second kappa shape index (κ2) is 15.6. The highest BCUT2D eigenvalue weighted by Crippen LogP contribution is 2.47. The molecule has 0 saturated heterocycles. The average Bonchev–Trinajstić information content (AvgIpc) is 3.18. The van der Waals surface area contributed by atoms with Gasteiger partial charge in [0, 0.05) is 4.90 Å². The van der Waals surface area contributed by atoms with Crippen LogP contribution >= 0.6 is 24.6 Å². The summed E-state index contributed by atoms with van der Waals surface area (Å²) in [6, 6.07) is 7.92. The third-order valence-corrected chi connectivity index (χ3v) is 8.66. The van der Waals surface area contributed by atoms with Crippen LogP contribution in [0.5, 0.6) is 0 Å². The summed E-state index contributed by atoms with van der Waals surface area (Å²) < 4.78 is 13.2. The van der Waals surface area contributed by atoms with Crippen LogP contribution in [0.15, 0.2) is 29.2 Å². The highest BCUT2D eigenvalue weighted by atomic mass is 32.2. The molecule has 0 amide bonds. The molecular weight excluding hydrogens is 466 g/mol. The molecule has 3 unspecified atom stereocenters. The monoisotopic (exact) mass is 509 g/mol. The molecule has 1 heterocycles. The quantitative estimate of drug-likeness (QED) is 0.186. The van der Waals surface area contributed by atoms with Gasteiger partial charge >= 0.3 is 11.9 Å². The Bertz CT molecular complexity index is 760. The lowest BCUT2D eigenvalue weighted by atomic mass is 10.00. The number of unbranched alkanes of at least 4 members (excludes halogenated alkanes) is 2. The van der Waals surface area contributed by atoms with Gasteiger partial charge in [-0.25, -0.2) is 0 Å². The fourth-order valence-electron chi connectivity index (χ4n) is 4.17. The van der Waals surface area contributed by atoms with Crippen molar-refractivity contribution in [1.29, 1.82) is 0 Å². The van der Waals surface area contributed by atoms with E-state index in [4.69, 9.17) is 9.47 Å². The number of carbonyl (C=O) groups is 2. The fraction of sp³-hybridized carbons (Fsp3) is 0.704. The number of benzene rings is 1. The van der Waals surface area contributed by atoms with Crippen molar-refractivity contribution < 1.29 is 19.1 Å². The van der Waals surface area contributed by atoms with Gasteiger partial charge in [-0.15, -0.1) is 0 Å². The van der Waals surface area contributed by atoms with Gasteiger partial charge in [-0.05, 0) is 36.8 Å².